The second-order valence-corrected chi connectivity index (χ2v) is 14.8. The summed E-state index contributed by atoms with van der Waals surface area (Å²) in [6.07, 6.45) is 18.9. The van der Waals surface area contributed by atoms with Gasteiger partial charge in [-0.3, -0.25) is 4.79 Å². The van der Waals surface area contributed by atoms with Crippen molar-refractivity contribution in [1.29, 1.82) is 0 Å². The van der Waals surface area contributed by atoms with Crippen molar-refractivity contribution in [2.45, 2.75) is 119 Å². The molecule has 0 saturated heterocycles. The summed E-state index contributed by atoms with van der Waals surface area (Å²) < 4.78 is 0. The van der Waals surface area contributed by atoms with Gasteiger partial charge in [0.25, 0.3) is 0 Å². The fourth-order valence-electron chi connectivity index (χ4n) is 10.8. The van der Waals surface area contributed by atoms with Crippen LogP contribution in [0.5, 0.6) is 0 Å². The van der Waals surface area contributed by atoms with Crippen LogP contribution in [-0.4, -0.2) is 31.3 Å². The van der Waals surface area contributed by atoms with E-state index in [0.29, 0.717) is 22.5 Å². The molecule has 0 radical (unpaired) electrons. The molecule has 0 N–H and O–H groups in total. The Kier molecular flexibility index (Phi) is 9.45. The van der Waals surface area contributed by atoms with E-state index in [4.69, 9.17) is 4.79 Å². The third-order valence-corrected chi connectivity index (χ3v) is 12.2. The summed E-state index contributed by atoms with van der Waals surface area (Å²) in [4.78, 5) is 11.6. The van der Waals surface area contributed by atoms with Crippen molar-refractivity contribution < 1.29 is 4.79 Å². The van der Waals surface area contributed by atoms with E-state index >= 15 is 0 Å². The number of aldehydes is 1. The molecular weight excluding hydrogens is 438 g/mol. The zero-order valence-corrected chi connectivity index (χ0v) is 25.4. The summed E-state index contributed by atoms with van der Waals surface area (Å²) in [5.74, 6) is 5.76. The summed E-state index contributed by atoms with van der Waals surface area (Å²) in [5, 5.41) is 0. The van der Waals surface area contributed by atoms with Crippen LogP contribution in [0.4, 0.5) is 0 Å². The molecule has 0 aromatic carbocycles. The minimum atomic E-state index is 0.444. The van der Waals surface area contributed by atoms with E-state index in [-0.39, 0.29) is 0 Å². The molecule has 4 aliphatic carbocycles. The van der Waals surface area contributed by atoms with Crippen molar-refractivity contribution in [2.24, 2.45) is 51.8 Å². The average molecular weight is 498 g/mol. The maximum absolute atomic E-state index is 9.06. The third-order valence-electron chi connectivity index (χ3n) is 12.2. The molecule has 8 unspecified atom stereocenters. The molecule has 0 aliphatic heterocycles. The topological polar surface area (TPSA) is 20.3 Å². The van der Waals surface area contributed by atoms with Gasteiger partial charge in [-0.1, -0.05) is 52.8 Å². The zero-order chi connectivity index (χ0) is 26.9. The van der Waals surface area contributed by atoms with Crippen LogP contribution >= 0.6 is 0 Å². The molecule has 4 aliphatic rings. The van der Waals surface area contributed by atoms with Gasteiger partial charge in [-0.25, -0.2) is 0 Å². The van der Waals surface area contributed by atoms with Gasteiger partial charge in [0.05, 0.1) is 0 Å². The third kappa shape index (κ3) is 5.32. The molecule has 4 fully saturated rings. The van der Waals surface area contributed by atoms with E-state index in [1.807, 2.05) is 0 Å². The van der Waals surface area contributed by atoms with Gasteiger partial charge in [-0.15, -0.1) is 0 Å². The van der Waals surface area contributed by atoms with Crippen LogP contribution in [0.25, 0.3) is 0 Å². The average Bonchev–Trinajstić information content (AvgIpc) is 3.15. The lowest BCUT2D eigenvalue weighted by Gasteiger charge is -2.66. The van der Waals surface area contributed by atoms with Gasteiger partial charge in [0.15, 0.2) is 0 Å². The Morgan fingerprint density at radius 1 is 0.944 bits per heavy atom. The Morgan fingerprint density at radius 2 is 1.56 bits per heavy atom. The van der Waals surface area contributed by atoms with E-state index in [1.165, 1.54) is 75.9 Å². The second kappa shape index (κ2) is 11.5. The number of rotatable bonds is 6. The minimum Gasteiger partial charge on any atom is -0.306 e. The molecule has 206 valence electrons. The molecule has 2 nitrogen and oxygen atoms in total. The van der Waals surface area contributed by atoms with Crippen LogP contribution in [0.2, 0.25) is 0 Å². The number of hydrogen-bond donors (Lipinski definition) is 0. The highest BCUT2D eigenvalue weighted by molar-refractivity contribution is 5.63. The highest BCUT2D eigenvalue weighted by Gasteiger charge is 2.63. The van der Waals surface area contributed by atoms with Crippen LogP contribution in [0.1, 0.15) is 113 Å². The standard InChI is InChI=1S/C31H55N.C3H4O/c1-21(2)11-10-12-22(3)24-14-15-25-23-13-16-27-29(4,5)28(32(8)9)18-20-31(27,7)26(23)17-19-30(24,25)6;1-2-3-4/h11,22-28H,10,12-20H2,1-9H3;2-3H,1H2/t22-,23?,24?,25?,26?,27?,28?,30?,31?;/m1./s1. The Bertz CT molecular complexity index is 785. The van der Waals surface area contributed by atoms with Gasteiger partial charge in [-0.05, 0) is 150 Å². The van der Waals surface area contributed by atoms with Crippen LogP contribution < -0.4 is 0 Å². The van der Waals surface area contributed by atoms with Crippen molar-refractivity contribution in [3.63, 3.8) is 0 Å². The van der Waals surface area contributed by atoms with Gasteiger partial charge < -0.3 is 4.90 Å². The lowest BCUT2D eigenvalue weighted by atomic mass is 9.40. The zero-order valence-electron chi connectivity index (χ0n) is 25.4. The predicted molar refractivity (Wildman–Crippen MR) is 156 cm³/mol. The van der Waals surface area contributed by atoms with E-state index < -0.39 is 0 Å². The second-order valence-electron chi connectivity index (χ2n) is 14.8. The number of fused-ring (bicyclic) bond motifs is 5. The van der Waals surface area contributed by atoms with E-state index in [0.717, 1.165) is 41.5 Å². The smallest absolute Gasteiger partial charge is 0.142 e. The van der Waals surface area contributed by atoms with Gasteiger partial charge in [0.1, 0.15) is 6.29 Å². The van der Waals surface area contributed by atoms with Crippen molar-refractivity contribution in [3.8, 4) is 0 Å². The molecule has 0 spiro atoms. The minimum absolute atomic E-state index is 0.444. The molecule has 4 rings (SSSR count). The van der Waals surface area contributed by atoms with Gasteiger partial charge >= 0.3 is 0 Å². The molecule has 0 aromatic heterocycles. The summed E-state index contributed by atoms with van der Waals surface area (Å²) in [7, 11) is 4.65. The van der Waals surface area contributed by atoms with E-state index in [1.54, 1.807) is 0 Å². The predicted octanol–water partition coefficient (Wildman–Crippen LogP) is 8.97. The van der Waals surface area contributed by atoms with Crippen molar-refractivity contribution in [2.75, 3.05) is 14.1 Å². The molecule has 9 atom stereocenters. The SMILES string of the molecule is C=CC=O.CC(C)=CCC[C@@H](C)C1CCC2C3CCC4C(C)(C)C(N(C)C)CCC4(C)C3CCC21C. The molecule has 2 heteroatoms. The van der Waals surface area contributed by atoms with Gasteiger partial charge in [0.2, 0.25) is 0 Å². The van der Waals surface area contributed by atoms with Crippen LogP contribution in [0, 0.1) is 51.8 Å². The monoisotopic (exact) mass is 497 g/mol. The molecule has 0 heterocycles. The van der Waals surface area contributed by atoms with E-state index in [9.17, 15) is 0 Å². The highest BCUT2D eigenvalue weighted by atomic mass is 16.1. The number of carbonyl (C=O) groups is 1. The Hall–Kier alpha value is -0.890. The van der Waals surface area contributed by atoms with Crippen LogP contribution in [-0.2, 0) is 4.79 Å². The molecular formula is C34H59NO. The van der Waals surface area contributed by atoms with Gasteiger partial charge in [0, 0.05) is 6.04 Å². The van der Waals surface area contributed by atoms with E-state index in [2.05, 4.69) is 80.1 Å². The summed E-state index contributed by atoms with van der Waals surface area (Å²) >= 11 is 0. The Labute approximate surface area is 224 Å². The van der Waals surface area contributed by atoms with Gasteiger partial charge in [-0.2, -0.15) is 0 Å². The molecule has 0 aromatic rings. The fourth-order valence-corrected chi connectivity index (χ4v) is 10.8. The van der Waals surface area contributed by atoms with Crippen LogP contribution in [0.15, 0.2) is 24.3 Å². The summed E-state index contributed by atoms with van der Waals surface area (Å²) in [6, 6.07) is 0.753. The first-order valence-corrected chi connectivity index (χ1v) is 15.2. The normalized spacial score (nSPS) is 41.6. The molecule has 36 heavy (non-hydrogen) atoms. The first-order chi connectivity index (χ1) is 16.8. The Balaban J connectivity index is 0.000000840. The quantitative estimate of drug-likeness (QED) is 0.207. The van der Waals surface area contributed by atoms with Crippen LogP contribution in [0.3, 0.4) is 0 Å². The summed E-state index contributed by atoms with van der Waals surface area (Å²) in [5.41, 5.74) is 3.13. The Morgan fingerprint density at radius 3 is 2.14 bits per heavy atom. The fraction of sp³-hybridized carbons (Fsp3) is 0.853. The highest BCUT2D eigenvalue weighted by Crippen LogP contribution is 2.70. The lowest BCUT2D eigenvalue weighted by molar-refractivity contribution is -0.164. The van der Waals surface area contributed by atoms with Crippen molar-refractivity contribution in [1.82, 2.24) is 4.90 Å². The van der Waals surface area contributed by atoms with Crippen molar-refractivity contribution >= 4 is 6.29 Å². The number of nitrogens with zero attached hydrogens (tertiary/aromatic N) is 1. The number of hydrogen-bond acceptors (Lipinski definition) is 2. The number of carbonyl (C=O) groups excluding carboxylic acids is 1. The molecule has 4 saturated carbocycles. The van der Waals surface area contributed by atoms with Crippen molar-refractivity contribution in [3.05, 3.63) is 24.3 Å². The maximum Gasteiger partial charge on any atom is 0.142 e. The molecule has 0 bridgehead atoms. The number of allylic oxidation sites excluding steroid dienone is 3. The lowest BCUT2D eigenvalue weighted by Crippen LogP contribution is -2.61. The molecule has 0 amide bonds. The largest absolute Gasteiger partial charge is 0.306 e. The maximum atomic E-state index is 9.06. The first-order valence-electron chi connectivity index (χ1n) is 15.2. The summed E-state index contributed by atoms with van der Waals surface area (Å²) in [6.45, 7) is 20.9. The first kappa shape index (κ1) is 29.7.